The zero-order valence-corrected chi connectivity index (χ0v) is 41.3. The summed E-state index contributed by atoms with van der Waals surface area (Å²) in [7, 11) is 0. The van der Waals surface area contributed by atoms with Crippen molar-refractivity contribution >= 4 is 71.3 Å². The van der Waals surface area contributed by atoms with E-state index in [1.807, 2.05) is 24.3 Å². The number of phenols is 6. The van der Waals surface area contributed by atoms with Gasteiger partial charge in [-0.2, -0.15) is 0 Å². The lowest BCUT2D eigenvalue weighted by Gasteiger charge is -2.24. The number of halogens is 4. The second-order valence-corrected chi connectivity index (χ2v) is 18.9. The molecule has 12 nitrogen and oxygen atoms in total. The van der Waals surface area contributed by atoms with Crippen LogP contribution < -0.4 is 0 Å². The summed E-state index contributed by atoms with van der Waals surface area (Å²) in [6, 6.07) is 27.4. The lowest BCUT2D eigenvalue weighted by molar-refractivity contribution is 0.253. The molecule has 1 aliphatic rings. The fourth-order valence-corrected chi connectivity index (χ4v) is 9.04. The number of hydrogen-bond donors (Lipinski definition) is 6. The van der Waals surface area contributed by atoms with Crippen LogP contribution in [-0.4, -0.2) is 105 Å². The molecule has 0 radical (unpaired) electrons. The van der Waals surface area contributed by atoms with Gasteiger partial charge in [0.2, 0.25) is 0 Å². The maximum absolute atomic E-state index is 11.5. The normalized spacial score (nSPS) is 14.8. The van der Waals surface area contributed by atoms with Crippen LogP contribution in [0, 0.1) is 0 Å². The molecule has 70 heavy (non-hydrogen) atoms. The van der Waals surface area contributed by atoms with Crippen LogP contribution in [0.5, 0.6) is 34.5 Å². The zero-order chi connectivity index (χ0) is 49.6. The third-order valence-corrected chi connectivity index (χ3v) is 12.6. The van der Waals surface area contributed by atoms with Gasteiger partial charge >= 0.3 is 0 Å². The molecule has 0 amide bonds. The zero-order valence-electron chi connectivity index (χ0n) is 38.3. The number of rotatable bonds is 6. The van der Waals surface area contributed by atoms with E-state index >= 15 is 0 Å². The van der Waals surface area contributed by atoms with Gasteiger partial charge in [0.1, 0.15) is 34.5 Å². The topological polar surface area (TPSA) is 177 Å². The third kappa shape index (κ3) is 14.9. The van der Waals surface area contributed by atoms with Gasteiger partial charge in [0.15, 0.2) is 0 Å². The summed E-state index contributed by atoms with van der Waals surface area (Å²) in [5.41, 5.74) is 6.03. The summed E-state index contributed by atoms with van der Waals surface area (Å²) in [4.78, 5) is 22.4. The summed E-state index contributed by atoms with van der Waals surface area (Å²) in [6.45, 7) is 3.65. The van der Waals surface area contributed by atoms with Crippen LogP contribution in [0.2, 0.25) is 20.1 Å². The highest BCUT2D eigenvalue weighted by molar-refractivity contribution is 6.32. The molecule has 0 fully saturated rings. The monoisotopic (exact) mass is 1020 g/mol. The molecule has 6 N–H and O–H groups in total. The molecule has 0 saturated heterocycles. The van der Waals surface area contributed by atoms with Gasteiger partial charge in [-0.05, 0) is 110 Å². The Morgan fingerprint density at radius 3 is 0.886 bits per heavy atom. The maximum atomic E-state index is 11.5. The summed E-state index contributed by atoms with van der Waals surface area (Å²) >= 11 is 26.5. The minimum atomic E-state index is 0.0270. The fourth-order valence-electron chi connectivity index (χ4n) is 8.04. The van der Waals surface area contributed by atoms with Crippen molar-refractivity contribution in [2.45, 2.75) is 51.9 Å². The lowest BCUT2D eigenvalue weighted by atomic mass is 10.1. The minimum Gasteiger partial charge on any atom is -0.508 e. The van der Waals surface area contributed by atoms with Crippen molar-refractivity contribution < 1.29 is 30.6 Å². The molecule has 364 valence electrons. The molecule has 0 unspecified atom stereocenters. The van der Waals surface area contributed by atoms with E-state index < -0.39 is 0 Å². The van der Waals surface area contributed by atoms with Gasteiger partial charge < -0.3 is 30.6 Å². The van der Waals surface area contributed by atoms with E-state index in [9.17, 15) is 30.6 Å². The molecular weight excluding hydrogens is 970 g/mol. The highest BCUT2D eigenvalue weighted by Gasteiger charge is 2.19. The van der Waals surface area contributed by atoms with Gasteiger partial charge in [-0.25, -0.2) is 0 Å². The van der Waals surface area contributed by atoms with E-state index in [0.717, 1.165) is 11.1 Å². The van der Waals surface area contributed by atoms with Crippen molar-refractivity contribution in [1.82, 2.24) is 9.80 Å². The number of aliphatic imine (C=N–C) groups is 4. The number of phenolic OH excluding ortho intramolecular Hbond substituents is 6. The number of nitrogens with zero attached hydrogens (tertiary/aromatic N) is 6. The van der Waals surface area contributed by atoms with Gasteiger partial charge in [-0.15, -0.1) is 0 Å². The van der Waals surface area contributed by atoms with Crippen molar-refractivity contribution in [3.63, 3.8) is 0 Å². The Kier molecular flexibility index (Phi) is 18.6. The summed E-state index contributed by atoms with van der Waals surface area (Å²) in [6.07, 6.45) is 8.70. The molecular formula is C54H54Cl4N6O6. The Bertz CT molecular complexity index is 2540. The first kappa shape index (κ1) is 51.7. The predicted molar refractivity (Wildman–Crippen MR) is 283 cm³/mol. The fraction of sp³-hybridized carbons (Fsp3) is 0.259. The van der Waals surface area contributed by atoms with Crippen molar-refractivity contribution in [1.29, 1.82) is 0 Å². The first-order chi connectivity index (χ1) is 33.8. The second kappa shape index (κ2) is 25.1. The smallest absolute Gasteiger partial charge is 0.128 e. The van der Waals surface area contributed by atoms with Gasteiger partial charge in [-0.1, -0.05) is 70.7 Å². The molecule has 6 aromatic rings. The van der Waals surface area contributed by atoms with E-state index in [-0.39, 0.29) is 60.7 Å². The minimum absolute atomic E-state index is 0.0270. The SMILES string of the molecule is Oc1ccc(CCN2Cc3cc(Cl)cc(c3O)C=NCCCN=Cc3cc(Cl)cc(c3O)CN(CCc3ccc(O)cc3)Cc3cc(Cl)cc(c3O)C=NCCCN=Cc3cc(Cl)cc(c3O)C2)cc1. The first-order valence-corrected chi connectivity index (χ1v) is 24.3. The van der Waals surface area contributed by atoms with E-state index in [4.69, 9.17) is 46.4 Å². The van der Waals surface area contributed by atoms with Crippen LogP contribution in [0.1, 0.15) is 68.5 Å². The standard InChI is InChI=1S/C54H54Cl4N6O6/c55-45-19-37-27-59-13-1-14-60-28-38-20-46(56)24-42(52(38)68)32-64(18-12-36-5-9-50(66)10-6-36)34-44-26-48(58)22-40(54(44)70)30-62-16-2-15-61-29-39-21-47(57)25-43(53(39)69)33-63(31-41(23-45)51(37)67)17-11-35-3-7-49(65)8-4-35/h3-10,19-30,65-70H,1-2,11-18,31-34H2. The summed E-state index contributed by atoms with van der Waals surface area (Å²) < 4.78 is 0. The number of fused-ring (bicyclic) bond motifs is 8. The molecule has 0 spiro atoms. The summed E-state index contributed by atoms with van der Waals surface area (Å²) in [5.74, 6) is 0.447. The molecule has 0 atom stereocenters. The van der Waals surface area contributed by atoms with Crippen LogP contribution in [0.15, 0.2) is 117 Å². The van der Waals surface area contributed by atoms with E-state index in [1.165, 1.54) is 0 Å². The maximum Gasteiger partial charge on any atom is 0.128 e. The Labute approximate surface area is 427 Å². The van der Waals surface area contributed by atoms with E-state index in [2.05, 4.69) is 29.8 Å². The van der Waals surface area contributed by atoms with Crippen molar-refractivity contribution in [3.05, 3.63) is 173 Å². The largest absolute Gasteiger partial charge is 0.508 e. The number of hydrogen-bond acceptors (Lipinski definition) is 12. The molecule has 6 aromatic carbocycles. The van der Waals surface area contributed by atoms with Crippen molar-refractivity contribution in [2.75, 3.05) is 39.3 Å². The van der Waals surface area contributed by atoms with Crippen LogP contribution in [0.4, 0.5) is 0 Å². The van der Waals surface area contributed by atoms with Crippen LogP contribution >= 0.6 is 46.4 Å². The lowest BCUT2D eigenvalue weighted by Crippen LogP contribution is -2.25. The van der Waals surface area contributed by atoms with Crippen molar-refractivity contribution in [3.8, 4) is 34.5 Å². The molecule has 0 saturated carbocycles. The van der Waals surface area contributed by atoms with E-state index in [0.29, 0.717) is 130 Å². The average Bonchev–Trinajstić information content (AvgIpc) is 3.32. The first-order valence-electron chi connectivity index (χ1n) is 22.8. The average molecular weight is 1020 g/mol. The molecule has 1 heterocycles. The quantitative estimate of drug-likeness (QED) is 0.0955. The Balaban J connectivity index is 1.17. The van der Waals surface area contributed by atoms with E-state index in [1.54, 1.807) is 97.7 Å². The summed E-state index contributed by atoms with van der Waals surface area (Å²) in [5, 5.41) is 67.6. The molecule has 7 rings (SSSR count). The molecule has 8 bridgehead atoms. The van der Waals surface area contributed by atoms with Crippen molar-refractivity contribution in [2.24, 2.45) is 20.0 Å². The predicted octanol–water partition coefficient (Wildman–Crippen LogP) is 11.2. The second-order valence-electron chi connectivity index (χ2n) is 17.1. The van der Waals surface area contributed by atoms with Crippen LogP contribution in [-0.2, 0) is 39.0 Å². The molecule has 0 aliphatic carbocycles. The highest BCUT2D eigenvalue weighted by Crippen LogP contribution is 2.33. The van der Waals surface area contributed by atoms with Crippen LogP contribution in [0.3, 0.4) is 0 Å². The number of aromatic hydroxyl groups is 6. The third-order valence-electron chi connectivity index (χ3n) is 11.7. The highest BCUT2D eigenvalue weighted by atomic mass is 35.5. The Hall–Kier alpha value is -6.12. The van der Waals surface area contributed by atoms with Gasteiger partial charge in [0, 0.05) is 155 Å². The van der Waals surface area contributed by atoms with Gasteiger partial charge in [0.05, 0.1) is 0 Å². The molecule has 1 aliphatic heterocycles. The van der Waals surface area contributed by atoms with Gasteiger partial charge in [-0.3, -0.25) is 29.8 Å². The Morgan fingerprint density at radius 2 is 0.629 bits per heavy atom. The molecule has 16 heteroatoms. The van der Waals surface area contributed by atoms with Crippen LogP contribution in [0.25, 0.3) is 0 Å². The number of benzene rings is 6. The Morgan fingerprint density at radius 1 is 0.371 bits per heavy atom. The molecule has 0 aromatic heterocycles. The van der Waals surface area contributed by atoms with Gasteiger partial charge in [0.25, 0.3) is 0 Å².